The molecule has 23 heavy (non-hydrogen) atoms. The lowest BCUT2D eigenvalue weighted by Crippen LogP contribution is -2.24. The molecule has 0 spiro atoms. The molecular weight excluding hydrogens is 308 g/mol. The second kappa shape index (κ2) is 7.19. The number of nitrogens with zero attached hydrogens (tertiary/aromatic N) is 3. The first kappa shape index (κ1) is 16.1. The van der Waals surface area contributed by atoms with E-state index in [4.69, 9.17) is 0 Å². The number of aryl methyl sites for hydroxylation is 1. The van der Waals surface area contributed by atoms with E-state index < -0.39 is 0 Å². The summed E-state index contributed by atoms with van der Waals surface area (Å²) in [5.74, 6) is -0.0189. The quantitative estimate of drug-likeness (QED) is 0.916. The van der Waals surface area contributed by atoms with E-state index in [1.54, 1.807) is 11.3 Å². The zero-order chi connectivity index (χ0) is 16.2. The van der Waals surface area contributed by atoms with Gasteiger partial charge in [0.15, 0.2) is 0 Å². The summed E-state index contributed by atoms with van der Waals surface area (Å²) in [4.78, 5) is 22.6. The van der Waals surface area contributed by atoms with Crippen molar-refractivity contribution in [2.45, 2.75) is 45.8 Å². The first-order valence-electron chi connectivity index (χ1n) is 7.96. The Labute approximate surface area is 140 Å². The Morgan fingerprint density at radius 2 is 2.35 bits per heavy atom. The minimum absolute atomic E-state index is 0.0189. The molecule has 1 atom stereocenters. The molecule has 1 fully saturated rings. The van der Waals surface area contributed by atoms with Gasteiger partial charge in [-0.1, -0.05) is 6.07 Å². The van der Waals surface area contributed by atoms with E-state index in [1.807, 2.05) is 13.1 Å². The van der Waals surface area contributed by atoms with Crippen LogP contribution in [0.15, 0.2) is 23.7 Å². The van der Waals surface area contributed by atoms with Crippen molar-refractivity contribution in [3.63, 3.8) is 0 Å². The zero-order valence-electron chi connectivity index (χ0n) is 13.6. The maximum atomic E-state index is 11.0. The topological polar surface area (TPSA) is 58.1 Å². The van der Waals surface area contributed by atoms with Crippen LogP contribution in [0.1, 0.15) is 47.8 Å². The van der Waals surface area contributed by atoms with Crippen LogP contribution in [0.25, 0.3) is 0 Å². The molecule has 5 nitrogen and oxygen atoms in total. The smallest absolute Gasteiger partial charge is 0.217 e. The molecule has 0 bridgehead atoms. The molecule has 3 rings (SSSR count). The minimum atomic E-state index is -0.0189. The minimum Gasteiger partial charge on any atom is -0.352 e. The van der Waals surface area contributed by atoms with Crippen molar-refractivity contribution in [2.24, 2.45) is 0 Å². The van der Waals surface area contributed by atoms with Crippen molar-refractivity contribution in [1.82, 2.24) is 20.2 Å². The number of hydrogen-bond donors (Lipinski definition) is 1. The van der Waals surface area contributed by atoms with Gasteiger partial charge >= 0.3 is 0 Å². The van der Waals surface area contributed by atoms with Crippen LogP contribution in [-0.4, -0.2) is 27.3 Å². The van der Waals surface area contributed by atoms with Gasteiger partial charge in [-0.25, -0.2) is 4.98 Å². The van der Waals surface area contributed by atoms with Gasteiger partial charge in [-0.3, -0.25) is 14.7 Å². The molecule has 1 N–H and O–H groups in total. The maximum Gasteiger partial charge on any atom is 0.217 e. The number of nitrogens with one attached hydrogen (secondary N) is 1. The van der Waals surface area contributed by atoms with E-state index in [0.717, 1.165) is 41.5 Å². The third-order valence-electron chi connectivity index (χ3n) is 4.13. The lowest BCUT2D eigenvalue weighted by Gasteiger charge is -2.23. The number of pyridine rings is 1. The van der Waals surface area contributed by atoms with Gasteiger partial charge in [-0.2, -0.15) is 0 Å². The SMILES string of the molecule is CC(=O)NCc1ccc([C@H]2CCCN2Cc2csc(C)n2)nc1. The van der Waals surface area contributed by atoms with Gasteiger partial charge in [0.1, 0.15) is 0 Å². The highest BCUT2D eigenvalue weighted by Gasteiger charge is 2.27. The Balaban J connectivity index is 1.66. The van der Waals surface area contributed by atoms with E-state index in [1.165, 1.54) is 13.3 Å². The number of aromatic nitrogens is 2. The summed E-state index contributed by atoms with van der Waals surface area (Å²) in [6.07, 6.45) is 4.21. The average Bonchev–Trinajstić information content (AvgIpc) is 3.15. The predicted molar refractivity (Wildman–Crippen MR) is 91.0 cm³/mol. The van der Waals surface area contributed by atoms with Crippen LogP contribution in [0.3, 0.4) is 0 Å². The first-order valence-corrected chi connectivity index (χ1v) is 8.84. The Morgan fingerprint density at radius 1 is 1.48 bits per heavy atom. The third kappa shape index (κ3) is 4.14. The normalized spacial score (nSPS) is 18.3. The van der Waals surface area contributed by atoms with Gasteiger partial charge in [0.05, 0.1) is 22.4 Å². The van der Waals surface area contributed by atoms with Crippen molar-refractivity contribution < 1.29 is 4.79 Å². The Bertz CT molecular complexity index is 667. The van der Waals surface area contributed by atoms with Crippen molar-refractivity contribution in [2.75, 3.05) is 6.54 Å². The molecule has 0 unspecified atom stereocenters. The largest absolute Gasteiger partial charge is 0.352 e. The number of hydrogen-bond acceptors (Lipinski definition) is 5. The second-order valence-corrected chi connectivity index (χ2v) is 7.05. The molecule has 0 aliphatic carbocycles. The molecule has 1 amide bonds. The lowest BCUT2D eigenvalue weighted by molar-refractivity contribution is -0.119. The molecule has 122 valence electrons. The molecule has 0 radical (unpaired) electrons. The van der Waals surface area contributed by atoms with E-state index >= 15 is 0 Å². The molecular formula is C17H22N4OS. The van der Waals surface area contributed by atoms with E-state index in [0.29, 0.717) is 12.6 Å². The fourth-order valence-electron chi connectivity index (χ4n) is 3.00. The number of carbonyl (C=O) groups excluding carboxylic acids is 1. The lowest BCUT2D eigenvalue weighted by atomic mass is 10.1. The standard InChI is InChI=1S/C17H22N4OS/c1-12(22)18-8-14-5-6-16(19-9-14)17-4-3-7-21(17)10-15-11-23-13(2)20-15/h5-6,9,11,17H,3-4,7-8,10H2,1-2H3,(H,18,22)/t17-/m1/s1. The average molecular weight is 330 g/mol. The molecule has 3 heterocycles. The van der Waals surface area contributed by atoms with Gasteiger partial charge < -0.3 is 5.32 Å². The Hall–Kier alpha value is -1.79. The van der Waals surface area contributed by atoms with Gasteiger partial charge in [0.25, 0.3) is 0 Å². The summed E-state index contributed by atoms with van der Waals surface area (Å²) < 4.78 is 0. The molecule has 2 aromatic heterocycles. The molecule has 1 aliphatic heterocycles. The first-order chi connectivity index (χ1) is 11.1. The molecule has 1 saturated heterocycles. The van der Waals surface area contributed by atoms with Crippen LogP contribution in [0.2, 0.25) is 0 Å². The Kier molecular flexibility index (Phi) is 5.03. The maximum absolute atomic E-state index is 11.0. The van der Waals surface area contributed by atoms with Crippen molar-refractivity contribution in [1.29, 1.82) is 0 Å². The predicted octanol–water partition coefficient (Wildman–Crippen LogP) is 2.82. The van der Waals surface area contributed by atoms with Gasteiger partial charge in [-0.05, 0) is 37.9 Å². The molecule has 0 aromatic carbocycles. The van der Waals surface area contributed by atoms with Crippen LogP contribution >= 0.6 is 11.3 Å². The summed E-state index contributed by atoms with van der Waals surface area (Å²) in [7, 11) is 0. The van der Waals surface area contributed by atoms with Crippen molar-refractivity contribution >= 4 is 17.2 Å². The second-order valence-electron chi connectivity index (χ2n) is 5.99. The van der Waals surface area contributed by atoms with Crippen molar-refractivity contribution in [3.8, 4) is 0 Å². The molecule has 0 saturated carbocycles. The number of amides is 1. The van der Waals surface area contributed by atoms with Crippen molar-refractivity contribution in [3.05, 3.63) is 45.7 Å². The number of thiazole rings is 1. The fraction of sp³-hybridized carbons (Fsp3) is 0.471. The zero-order valence-corrected chi connectivity index (χ0v) is 14.4. The van der Waals surface area contributed by atoms with Crippen LogP contribution in [0.4, 0.5) is 0 Å². The van der Waals surface area contributed by atoms with E-state index in [2.05, 4.69) is 37.7 Å². The van der Waals surface area contributed by atoms with E-state index in [-0.39, 0.29) is 5.91 Å². The van der Waals surface area contributed by atoms with Crippen LogP contribution in [-0.2, 0) is 17.9 Å². The summed E-state index contributed by atoms with van der Waals surface area (Å²) >= 11 is 1.71. The number of carbonyl (C=O) groups is 1. The highest BCUT2D eigenvalue weighted by Crippen LogP contribution is 2.32. The van der Waals surface area contributed by atoms with Crippen LogP contribution in [0, 0.1) is 6.92 Å². The number of rotatable bonds is 5. The van der Waals surface area contributed by atoms with E-state index in [9.17, 15) is 4.79 Å². The summed E-state index contributed by atoms with van der Waals surface area (Å²) in [6, 6.07) is 4.51. The highest BCUT2D eigenvalue weighted by molar-refractivity contribution is 7.09. The monoisotopic (exact) mass is 330 g/mol. The van der Waals surface area contributed by atoms with Gasteiger partial charge in [0.2, 0.25) is 5.91 Å². The van der Waals surface area contributed by atoms with Crippen LogP contribution < -0.4 is 5.32 Å². The number of likely N-dealkylation sites (tertiary alicyclic amines) is 1. The summed E-state index contributed by atoms with van der Waals surface area (Å²) in [6.45, 7) is 6.10. The molecule has 1 aliphatic rings. The fourth-order valence-corrected chi connectivity index (χ4v) is 3.61. The highest BCUT2D eigenvalue weighted by atomic mass is 32.1. The Morgan fingerprint density at radius 3 is 3.00 bits per heavy atom. The molecule has 2 aromatic rings. The van der Waals surface area contributed by atoms with Crippen LogP contribution in [0.5, 0.6) is 0 Å². The molecule has 6 heteroatoms. The van der Waals surface area contributed by atoms with Gasteiger partial charge in [-0.15, -0.1) is 11.3 Å². The van der Waals surface area contributed by atoms with Gasteiger partial charge in [0, 0.05) is 31.6 Å². The summed E-state index contributed by atoms with van der Waals surface area (Å²) in [5.41, 5.74) is 3.30. The summed E-state index contributed by atoms with van der Waals surface area (Å²) in [5, 5.41) is 6.07. The third-order valence-corrected chi connectivity index (χ3v) is 4.95.